The first-order valence-electron chi connectivity index (χ1n) is 12.6. The van der Waals surface area contributed by atoms with E-state index in [4.69, 9.17) is 4.74 Å². The van der Waals surface area contributed by atoms with Gasteiger partial charge >= 0.3 is 5.97 Å². The maximum Gasteiger partial charge on any atom is 0.302 e. The van der Waals surface area contributed by atoms with Crippen molar-refractivity contribution in [3.63, 3.8) is 0 Å². The molecule has 1 atom stereocenters. The number of unbranched alkanes of at least 4 members (excludes halogenated alkanes) is 15. The van der Waals surface area contributed by atoms with E-state index in [1.165, 1.54) is 96.8 Å². The van der Waals surface area contributed by atoms with E-state index in [0.29, 0.717) is 0 Å². The van der Waals surface area contributed by atoms with Crippen LogP contribution in [0.3, 0.4) is 0 Å². The van der Waals surface area contributed by atoms with E-state index < -0.39 is 0 Å². The van der Waals surface area contributed by atoms with Crippen molar-refractivity contribution < 1.29 is 14.3 Å². The molecule has 0 aromatic rings. The SMILES string of the molecule is CCCCCCCCCCCCCCCCC/C=C(\C)C(=O)N[C@@H](C)COC(C)=O. The third-order valence-corrected chi connectivity index (χ3v) is 5.53. The Morgan fingerprint density at radius 1 is 0.767 bits per heavy atom. The van der Waals surface area contributed by atoms with Crippen molar-refractivity contribution in [1.29, 1.82) is 0 Å². The summed E-state index contributed by atoms with van der Waals surface area (Å²) in [5.74, 6) is -0.396. The van der Waals surface area contributed by atoms with Gasteiger partial charge in [0.1, 0.15) is 6.61 Å². The van der Waals surface area contributed by atoms with E-state index in [2.05, 4.69) is 12.2 Å². The molecule has 0 saturated carbocycles. The summed E-state index contributed by atoms with van der Waals surface area (Å²) >= 11 is 0. The predicted molar refractivity (Wildman–Crippen MR) is 128 cm³/mol. The topological polar surface area (TPSA) is 55.4 Å². The lowest BCUT2D eigenvalue weighted by atomic mass is 10.0. The van der Waals surface area contributed by atoms with Crippen LogP contribution in [0, 0.1) is 0 Å². The zero-order chi connectivity index (χ0) is 22.5. The van der Waals surface area contributed by atoms with Crippen LogP contribution in [0.4, 0.5) is 0 Å². The summed E-state index contributed by atoms with van der Waals surface area (Å²) in [5, 5.41) is 2.86. The van der Waals surface area contributed by atoms with E-state index >= 15 is 0 Å². The van der Waals surface area contributed by atoms with Crippen molar-refractivity contribution >= 4 is 11.9 Å². The fourth-order valence-electron chi connectivity index (χ4n) is 3.55. The smallest absolute Gasteiger partial charge is 0.302 e. The number of carbonyl (C=O) groups is 2. The van der Waals surface area contributed by atoms with Gasteiger partial charge in [-0.1, -0.05) is 103 Å². The molecule has 0 aliphatic rings. The Balaban J connectivity index is 3.47. The highest BCUT2D eigenvalue weighted by molar-refractivity contribution is 5.92. The van der Waals surface area contributed by atoms with Gasteiger partial charge in [-0.2, -0.15) is 0 Å². The third kappa shape index (κ3) is 20.0. The number of hydrogen-bond donors (Lipinski definition) is 1. The van der Waals surface area contributed by atoms with Crippen molar-refractivity contribution in [2.45, 2.75) is 136 Å². The molecule has 0 aromatic carbocycles. The summed E-state index contributed by atoms with van der Waals surface area (Å²) in [6.45, 7) is 7.55. The van der Waals surface area contributed by atoms with E-state index in [-0.39, 0.29) is 24.5 Å². The molecule has 0 aromatic heterocycles. The van der Waals surface area contributed by atoms with Crippen LogP contribution in [0.2, 0.25) is 0 Å². The Hall–Kier alpha value is -1.32. The van der Waals surface area contributed by atoms with Crippen LogP contribution < -0.4 is 5.32 Å². The summed E-state index contributed by atoms with van der Waals surface area (Å²) in [5.41, 5.74) is 0.745. The first-order valence-corrected chi connectivity index (χ1v) is 12.6. The van der Waals surface area contributed by atoms with Crippen LogP contribution in [-0.2, 0) is 14.3 Å². The van der Waals surface area contributed by atoms with Crippen molar-refractivity contribution in [3.05, 3.63) is 11.6 Å². The molecule has 1 N–H and O–H groups in total. The standard InChI is InChI=1S/C26H49NO3/c1-5-6-7-8-9-10-11-12-13-14-15-16-17-18-19-20-21-23(2)26(29)27-24(3)22-30-25(4)28/h21,24H,5-20,22H2,1-4H3,(H,27,29)/b23-21+/t24-/m0/s1. The monoisotopic (exact) mass is 423 g/mol. The fraction of sp³-hybridized carbons (Fsp3) is 0.846. The fourth-order valence-corrected chi connectivity index (χ4v) is 3.55. The Kier molecular flexibility index (Phi) is 20.0. The van der Waals surface area contributed by atoms with Gasteiger partial charge in [-0.15, -0.1) is 0 Å². The molecule has 0 aliphatic carbocycles. The van der Waals surface area contributed by atoms with Crippen molar-refractivity contribution in [2.24, 2.45) is 0 Å². The molecule has 176 valence electrons. The number of rotatable bonds is 20. The lowest BCUT2D eigenvalue weighted by Gasteiger charge is -2.13. The molecule has 0 fully saturated rings. The molecule has 0 rings (SSSR count). The highest BCUT2D eigenvalue weighted by atomic mass is 16.5. The summed E-state index contributed by atoms with van der Waals surface area (Å²) in [6, 6.07) is -0.171. The van der Waals surface area contributed by atoms with Gasteiger partial charge in [-0.25, -0.2) is 0 Å². The Morgan fingerprint density at radius 2 is 1.20 bits per heavy atom. The average molecular weight is 424 g/mol. The normalized spacial score (nSPS) is 12.6. The summed E-state index contributed by atoms with van der Waals surface area (Å²) < 4.78 is 4.91. The molecule has 0 aliphatic heterocycles. The molecule has 0 heterocycles. The van der Waals surface area contributed by atoms with E-state index in [9.17, 15) is 9.59 Å². The molecule has 0 radical (unpaired) electrons. The summed E-state index contributed by atoms with van der Waals surface area (Å²) in [6.07, 6.45) is 23.5. The molecule has 0 spiro atoms. The van der Waals surface area contributed by atoms with Gasteiger partial charge in [0.25, 0.3) is 0 Å². The number of allylic oxidation sites excluding steroid dienone is 1. The quantitative estimate of drug-likeness (QED) is 0.127. The van der Waals surface area contributed by atoms with E-state index in [0.717, 1.165) is 18.4 Å². The van der Waals surface area contributed by atoms with E-state index in [1.807, 2.05) is 19.9 Å². The summed E-state index contributed by atoms with van der Waals surface area (Å²) in [7, 11) is 0. The Labute approximate surface area is 186 Å². The van der Waals surface area contributed by atoms with Crippen molar-refractivity contribution in [2.75, 3.05) is 6.61 Å². The van der Waals surface area contributed by atoms with Gasteiger partial charge in [-0.3, -0.25) is 9.59 Å². The lowest BCUT2D eigenvalue weighted by molar-refractivity contribution is -0.142. The first kappa shape index (κ1) is 28.7. The van der Waals surface area contributed by atoms with Gasteiger partial charge < -0.3 is 10.1 Å². The molecule has 0 bridgehead atoms. The largest absolute Gasteiger partial charge is 0.464 e. The number of amides is 1. The highest BCUT2D eigenvalue weighted by Gasteiger charge is 2.09. The second-order valence-electron chi connectivity index (χ2n) is 8.80. The summed E-state index contributed by atoms with van der Waals surface area (Å²) in [4.78, 5) is 22.9. The number of carbonyl (C=O) groups excluding carboxylic acids is 2. The lowest BCUT2D eigenvalue weighted by Crippen LogP contribution is -2.36. The van der Waals surface area contributed by atoms with Crippen LogP contribution in [0.15, 0.2) is 11.6 Å². The molecule has 4 heteroatoms. The Morgan fingerprint density at radius 3 is 1.63 bits per heavy atom. The third-order valence-electron chi connectivity index (χ3n) is 5.53. The molecule has 0 saturated heterocycles. The van der Waals surface area contributed by atoms with Gasteiger partial charge in [0.15, 0.2) is 0 Å². The molecular weight excluding hydrogens is 374 g/mol. The van der Waals surface area contributed by atoms with Crippen molar-refractivity contribution in [1.82, 2.24) is 5.32 Å². The molecular formula is C26H49NO3. The highest BCUT2D eigenvalue weighted by Crippen LogP contribution is 2.14. The molecule has 4 nitrogen and oxygen atoms in total. The van der Waals surface area contributed by atoms with Crippen LogP contribution >= 0.6 is 0 Å². The van der Waals surface area contributed by atoms with Crippen LogP contribution in [0.1, 0.15) is 130 Å². The van der Waals surface area contributed by atoms with Gasteiger partial charge in [0.05, 0.1) is 6.04 Å². The maximum absolute atomic E-state index is 12.1. The zero-order valence-corrected chi connectivity index (χ0v) is 20.4. The minimum absolute atomic E-state index is 0.0735. The van der Waals surface area contributed by atoms with Crippen LogP contribution in [0.25, 0.3) is 0 Å². The second-order valence-corrected chi connectivity index (χ2v) is 8.80. The predicted octanol–water partition coefficient (Wildman–Crippen LogP) is 7.26. The van der Waals surface area contributed by atoms with Crippen LogP contribution in [-0.4, -0.2) is 24.5 Å². The number of esters is 1. The number of ether oxygens (including phenoxy) is 1. The number of hydrogen-bond acceptors (Lipinski definition) is 3. The maximum atomic E-state index is 12.1. The minimum Gasteiger partial charge on any atom is -0.464 e. The molecule has 1 amide bonds. The Bertz CT molecular complexity index is 459. The minimum atomic E-state index is -0.323. The number of nitrogens with one attached hydrogen (secondary N) is 1. The van der Waals surface area contributed by atoms with Crippen molar-refractivity contribution in [3.8, 4) is 0 Å². The van der Waals surface area contributed by atoms with Gasteiger partial charge in [0, 0.05) is 12.5 Å². The van der Waals surface area contributed by atoms with E-state index in [1.54, 1.807) is 0 Å². The van der Waals surface area contributed by atoms with Gasteiger partial charge in [0.2, 0.25) is 5.91 Å². The van der Waals surface area contributed by atoms with Gasteiger partial charge in [-0.05, 0) is 26.7 Å². The zero-order valence-electron chi connectivity index (χ0n) is 20.4. The average Bonchev–Trinajstić information content (AvgIpc) is 2.71. The molecule has 0 unspecified atom stereocenters. The van der Waals surface area contributed by atoms with Crippen LogP contribution in [0.5, 0.6) is 0 Å². The molecule has 30 heavy (non-hydrogen) atoms. The first-order chi connectivity index (χ1) is 14.5. The second kappa shape index (κ2) is 20.9.